The Labute approximate surface area is 149 Å². The molecule has 0 atom stereocenters. The Morgan fingerprint density at radius 1 is 1.19 bits per heavy atom. The molecule has 2 rings (SSSR count). The van der Waals surface area contributed by atoms with Gasteiger partial charge in [0, 0.05) is 6.92 Å². The van der Waals surface area contributed by atoms with Crippen LogP contribution < -0.4 is 19.5 Å². The SMILES string of the molecule is CCOC(=O)Nc1oc(-c2c(OC)cccc2OC)c(O)c1OC(C)=O. The molecule has 1 heterocycles. The maximum atomic E-state index is 11.7. The fourth-order valence-corrected chi connectivity index (χ4v) is 2.23. The van der Waals surface area contributed by atoms with Crippen molar-refractivity contribution in [1.29, 1.82) is 0 Å². The first-order valence-corrected chi connectivity index (χ1v) is 7.62. The van der Waals surface area contributed by atoms with Crippen LogP contribution in [-0.2, 0) is 9.53 Å². The number of amides is 1. The number of anilines is 1. The van der Waals surface area contributed by atoms with Crippen molar-refractivity contribution in [1.82, 2.24) is 0 Å². The molecule has 9 heteroatoms. The zero-order chi connectivity index (χ0) is 19.3. The minimum atomic E-state index is -0.840. The first-order valence-electron chi connectivity index (χ1n) is 7.62. The summed E-state index contributed by atoms with van der Waals surface area (Å²) >= 11 is 0. The molecule has 26 heavy (non-hydrogen) atoms. The van der Waals surface area contributed by atoms with Crippen LogP contribution in [0.1, 0.15) is 13.8 Å². The lowest BCUT2D eigenvalue weighted by Gasteiger charge is -2.11. The summed E-state index contributed by atoms with van der Waals surface area (Å²) in [5.41, 5.74) is 0.278. The molecule has 0 aliphatic rings. The molecule has 0 aliphatic carbocycles. The number of benzene rings is 1. The first-order chi connectivity index (χ1) is 12.4. The van der Waals surface area contributed by atoms with Gasteiger partial charge in [-0.25, -0.2) is 4.79 Å². The first kappa shape index (κ1) is 19.0. The number of methoxy groups -OCH3 is 2. The molecule has 0 unspecified atom stereocenters. The Morgan fingerprint density at radius 3 is 2.31 bits per heavy atom. The highest BCUT2D eigenvalue weighted by Crippen LogP contribution is 2.51. The van der Waals surface area contributed by atoms with Gasteiger partial charge in [-0.1, -0.05) is 6.07 Å². The third kappa shape index (κ3) is 3.82. The van der Waals surface area contributed by atoms with Gasteiger partial charge in [0.25, 0.3) is 5.88 Å². The van der Waals surface area contributed by atoms with Gasteiger partial charge in [0.2, 0.25) is 11.5 Å². The van der Waals surface area contributed by atoms with Gasteiger partial charge in [0.1, 0.15) is 17.1 Å². The van der Waals surface area contributed by atoms with Crippen LogP contribution in [0.25, 0.3) is 11.3 Å². The van der Waals surface area contributed by atoms with Crippen LogP contribution in [-0.4, -0.2) is 38.0 Å². The number of nitrogens with one attached hydrogen (secondary N) is 1. The van der Waals surface area contributed by atoms with Crippen LogP contribution in [0.2, 0.25) is 0 Å². The van der Waals surface area contributed by atoms with E-state index in [0.717, 1.165) is 6.92 Å². The molecular formula is C17H19NO8. The van der Waals surface area contributed by atoms with E-state index in [1.54, 1.807) is 25.1 Å². The number of hydrogen-bond donors (Lipinski definition) is 2. The van der Waals surface area contributed by atoms with Crippen molar-refractivity contribution in [2.45, 2.75) is 13.8 Å². The summed E-state index contributed by atoms with van der Waals surface area (Å²) in [7, 11) is 2.87. The van der Waals surface area contributed by atoms with Crippen molar-refractivity contribution in [3.8, 4) is 34.3 Å². The maximum absolute atomic E-state index is 11.7. The van der Waals surface area contributed by atoms with Crippen molar-refractivity contribution < 1.29 is 38.1 Å². The summed E-state index contributed by atoms with van der Waals surface area (Å²) in [4.78, 5) is 23.0. The third-order valence-corrected chi connectivity index (χ3v) is 3.23. The van der Waals surface area contributed by atoms with Gasteiger partial charge in [0.15, 0.2) is 5.76 Å². The topological polar surface area (TPSA) is 116 Å². The lowest BCUT2D eigenvalue weighted by atomic mass is 10.1. The van der Waals surface area contributed by atoms with E-state index in [1.165, 1.54) is 14.2 Å². The van der Waals surface area contributed by atoms with Crippen molar-refractivity contribution in [3.05, 3.63) is 18.2 Å². The Hall–Kier alpha value is -3.36. The number of furan rings is 1. The van der Waals surface area contributed by atoms with Crippen LogP contribution >= 0.6 is 0 Å². The Bertz CT molecular complexity index is 789. The summed E-state index contributed by atoms with van der Waals surface area (Å²) < 4.78 is 25.8. The van der Waals surface area contributed by atoms with Crippen molar-refractivity contribution in [3.63, 3.8) is 0 Å². The van der Waals surface area contributed by atoms with Gasteiger partial charge in [-0.3, -0.25) is 10.1 Å². The van der Waals surface area contributed by atoms with Crippen LogP contribution in [0, 0.1) is 0 Å². The minimum Gasteiger partial charge on any atom is -0.502 e. The maximum Gasteiger partial charge on any atom is 0.414 e. The van der Waals surface area contributed by atoms with Crippen LogP contribution in [0.5, 0.6) is 23.0 Å². The molecule has 140 valence electrons. The molecule has 0 bridgehead atoms. The molecule has 2 N–H and O–H groups in total. The smallest absolute Gasteiger partial charge is 0.414 e. The number of hydrogen-bond acceptors (Lipinski definition) is 8. The normalized spacial score (nSPS) is 10.2. The van der Waals surface area contributed by atoms with E-state index in [2.05, 4.69) is 5.32 Å². The van der Waals surface area contributed by atoms with E-state index in [0.29, 0.717) is 11.5 Å². The summed E-state index contributed by atoms with van der Waals surface area (Å²) in [5, 5.41) is 12.8. The van der Waals surface area contributed by atoms with E-state index in [1.807, 2.05) is 0 Å². The van der Waals surface area contributed by atoms with Gasteiger partial charge in [0.05, 0.1) is 20.8 Å². The van der Waals surface area contributed by atoms with Crippen molar-refractivity contribution in [2.75, 3.05) is 26.1 Å². The van der Waals surface area contributed by atoms with Gasteiger partial charge >= 0.3 is 12.1 Å². The molecule has 0 spiro atoms. The van der Waals surface area contributed by atoms with Crippen molar-refractivity contribution in [2.24, 2.45) is 0 Å². The van der Waals surface area contributed by atoms with E-state index >= 15 is 0 Å². The van der Waals surface area contributed by atoms with E-state index in [9.17, 15) is 14.7 Å². The highest BCUT2D eigenvalue weighted by Gasteiger charge is 2.29. The zero-order valence-corrected chi connectivity index (χ0v) is 14.7. The number of aromatic hydroxyl groups is 1. The molecule has 1 aromatic carbocycles. The highest BCUT2D eigenvalue weighted by molar-refractivity contribution is 5.90. The largest absolute Gasteiger partial charge is 0.502 e. The predicted octanol–water partition coefficient (Wildman–Crippen LogP) is 3.16. The predicted molar refractivity (Wildman–Crippen MR) is 90.9 cm³/mol. The van der Waals surface area contributed by atoms with Gasteiger partial charge < -0.3 is 28.5 Å². The van der Waals surface area contributed by atoms with E-state index in [4.69, 9.17) is 23.4 Å². The monoisotopic (exact) mass is 365 g/mol. The number of esters is 1. The standard InChI is InChI=1S/C17H19NO8/c1-5-24-17(21)18-16-15(25-9(2)19)13(20)14(26-16)12-10(22-3)7-6-8-11(12)23-4/h6-8,20H,5H2,1-4H3,(H,18,21). The van der Waals surface area contributed by atoms with Gasteiger partial charge in [-0.2, -0.15) is 0 Å². The molecule has 0 aliphatic heterocycles. The number of rotatable bonds is 6. The number of carbonyl (C=O) groups excluding carboxylic acids is 2. The molecule has 0 fully saturated rings. The van der Waals surface area contributed by atoms with E-state index < -0.39 is 17.8 Å². The van der Waals surface area contributed by atoms with Crippen LogP contribution in [0.4, 0.5) is 10.7 Å². The molecule has 0 radical (unpaired) electrons. The quantitative estimate of drug-likeness (QED) is 0.750. The summed E-state index contributed by atoms with van der Waals surface area (Å²) in [6, 6.07) is 4.94. The minimum absolute atomic E-state index is 0.109. The highest BCUT2D eigenvalue weighted by atomic mass is 16.6. The zero-order valence-electron chi connectivity index (χ0n) is 14.7. The number of ether oxygens (including phenoxy) is 4. The average molecular weight is 365 g/mol. The molecule has 1 amide bonds. The third-order valence-electron chi connectivity index (χ3n) is 3.23. The van der Waals surface area contributed by atoms with E-state index in [-0.39, 0.29) is 29.6 Å². The van der Waals surface area contributed by atoms with Gasteiger partial charge in [-0.05, 0) is 19.1 Å². The lowest BCUT2D eigenvalue weighted by molar-refractivity contribution is -0.132. The second kappa shape index (κ2) is 8.15. The average Bonchev–Trinajstić information content (AvgIpc) is 2.89. The van der Waals surface area contributed by atoms with Crippen LogP contribution in [0.15, 0.2) is 22.6 Å². The Kier molecular flexibility index (Phi) is 5.94. The second-order valence-corrected chi connectivity index (χ2v) is 4.91. The van der Waals surface area contributed by atoms with Gasteiger partial charge in [-0.15, -0.1) is 0 Å². The van der Waals surface area contributed by atoms with Crippen molar-refractivity contribution >= 4 is 17.9 Å². The second-order valence-electron chi connectivity index (χ2n) is 4.91. The molecule has 0 saturated heterocycles. The Morgan fingerprint density at radius 2 is 1.81 bits per heavy atom. The fourth-order valence-electron chi connectivity index (χ4n) is 2.23. The van der Waals surface area contributed by atoms with Crippen LogP contribution in [0.3, 0.4) is 0 Å². The summed E-state index contributed by atoms with van der Waals surface area (Å²) in [6.07, 6.45) is -0.840. The molecule has 0 saturated carbocycles. The summed E-state index contributed by atoms with van der Waals surface area (Å²) in [5.74, 6) is -1.30. The Balaban J connectivity index is 2.62. The molecule has 2 aromatic rings. The number of carbonyl (C=O) groups is 2. The summed E-state index contributed by atoms with van der Waals surface area (Å²) in [6.45, 7) is 2.88. The fraction of sp³-hybridized carbons (Fsp3) is 0.294. The lowest BCUT2D eigenvalue weighted by Crippen LogP contribution is -2.14. The molecular weight excluding hydrogens is 346 g/mol. The molecule has 1 aromatic heterocycles. The molecule has 9 nitrogen and oxygen atoms in total.